The van der Waals surface area contributed by atoms with Crippen LogP contribution < -0.4 is 20.1 Å². The van der Waals surface area contributed by atoms with Gasteiger partial charge in [0.05, 0.1) is 11.5 Å². The quantitative estimate of drug-likeness (QED) is 0.241. The SMILES string of the molecule is CCOc1cc(/C=C2/SC(=O)N(CC(=O)Nc3c(C)cccc3C)C2=O)ccc1OCC(=O)Nc1ccccc1C(C)C. The summed E-state index contributed by atoms with van der Waals surface area (Å²) in [7, 11) is 0. The van der Waals surface area contributed by atoms with Crippen LogP contribution in [0.1, 0.15) is 48.9 Å². The van der Waals surface area contributed by atoms with E-state index in [9.17, 15) is 19.2 Å². The summed E-state index contributed by atoms with van der Waals surface area (Å²) in [6, 6.07) is 18.3. The molecule has 0 unspecified atom stereocenters. The lowest BCUT2D eigenvalue weighted by molar-refractivity contribution is -0.127. The van der Waals surface area contributed by atoms with Gasteiger partial charge in [0.2, 0.25) is 5.91 Å². The van der Waals surface area contributed by atoms with Gasteiger partial charge < -0.3 is 20.1 Å². The highest BCUT2D eigenvalue weighted by Gasteiger charge is 2.36. The molecule has 1 fully saturated rings. The van der Waals surface area contributed by atoms with E-state index in [2.05, 4.69) is 24.5 Å². The molecule has 10 heteroatoms. The number of carbonyl (C=O) groups is 4. The Bertz CT molecular complexity index is 1560. The van der Waals surface area contributed by atoms with Crippen LogP contribution in [-0.4, -0.2) is 47.6 Å². The topological polar surface area (TPSA) is 114 Å². The van der Waals surface area contributed by atoms with E-state index in [-0.39, 0.29) is 23.3 Å². The highest BCUT2D eigenvalue weighted by molar-refractivity contribution is 8.18. The molecule has 3 aromatic rings. The van der Waals surface area contributed by atoms with Crippen molar-refractivity contribution in [1.82, 2.24) is 4.90 Å². The van der Waals surface area contributed by atoms with Crippen LogP contribution in [0.5, 0.6) is 11.5 Å². The molecule has 1 aliphatic heterocycles. The van der Waals surface area contributed by atoms with E-state index >= 15 is 0 Å². The van der Waals surface area contributed by atoms with Gasteiger partial charge in [0.1, 0.15) is 6.54 Å². The number of aryl methyl sites for hydroxylation is 2. The van der Waals surface area contributed by atoms with Crippen molar-refractivity contribution < 1.29 is 28.7 Å². The molecule has 4 amide bonds. The second-order valence-corrected chi connectivity index (χ2v) is 11.3. The minimum absolute atomic E-state index is 0.184. The van der Waals surface area contributed by atoms with Crippen LogP contribution in [0.25, 0.3) is 6.08 Å². The molecule has 3 aromatic carbocycles. The van der Waals surface area contributed by atoms with Gasteiger partial charge in [0.25, 0.3) is 17.1 Å². The van der Waals surface area contributed by atoms with E-state index in [1.54, 1.807) is 24.3 Å². The number of benzene rings is 3. The molecule has 43 heavy (non-hydrogen) atoms. The van der Waals surface area contributed by atoms with Crippen LogP contribution in [0.3, 0.4) is 0 Å². The van der Waals surface area contributed by atoms with Crippen LogP contribution in [0.4, 0.5) is 16.2 Å². The first-order valence-electron chi connectivity index (χ1n) is 14.0. The van der Waals surface area contributed by atoms with Crippen LogP contribution >= 0.6 is 11.8 Å². The van der Waals surface area contributed by atoms with Crippen molar-refractivity contribution in [3.05, 3.63) is 87.8 Å². The number of ether oxygens (including phenoxy) is 2. The number of imide groups is 1. The van der Waals surface area contributed by atoms with E-state index in [4.69, 9.17) is 9.47 Å². The number of anilines is 2. The van der Waals surface area contributed by atoms with Crippen LogP contribution in [0.15, 0.2) is 65.6 Å². The summed E-state index contributed by atoms with van der Waals surface area (Å²) in [5.41, 5.74) is 4.80. The van der Waals surface area contributed by atoms with Crippen molar-refractivity contribution in [3.63, 3.8) is 0 Å². The molecule has 0 spiro atoms. The number of carbonyl (C=O) groups excluding carboxylic acids is 4. The number of thioether (sulfide) groups is 1. The van der Waals surface area contributed by atoms with Gasteiger partial charge >= 0.3 is 0 Å². The van der Waals surface area contributed by atoms with Gasteiger partial charge in [-0.1, -0.05) is 56.3 Å². The third-order valence-corrected chi connectivity index (χ3v) is 7.61. The molecule has 0 radical (unpaired) electrons. The third kappa shape index (κ3) is 7.84. The fourth-order valence-electron chi connectivity index (χ4n) is 4.57. The van der Waals surface area contributed by atoms with Crippen molar-refractivity contribution in [1.29, 1.82) is 0 Å². The average Bonchev–Trinajstić information content (AvgIpc) is 3.22. The van der Waals surface area contributed by atoms with Crippen molar-refractivity contribution in [3.8, 4) is 11.5 Å². The van der Waals surface area contributed by atoms with Gasteiger partial charge in [0, 0.05) is 11.4 Å². The summed E-state index contributed by atoms with van der Waals surface area (Å²) in [5.74, 6) is -0.326. The van der Waals surface area contributed by atoms with Crippen molar-refractivity contribution in [2.45, 2.75) is 40.5 Å². The normalized spacial score (nSPS) is 13.9. The van der Waals surface area contributed by atoms with Gasteiger partial charge in [-0.05, 0) is 85.0 Å². The van der Waals surface area contributed by atoms with Crippen molar-refractivity contribution >= 4 is 52.2 Å². The van der Waals surface area contributed by atoms with Gasteiger partial charge in [-0.2, -0.15) is 0 Å². The highest BCUT2D eigenvalue weighted by atomic mass is 32.2. The van der Waals surface area contributed by atoms with Crippen molar-refractivity contribution in [2.75, 3.05) is 30.4 Å². The Morgan fingerprint density at radius 3 is 2.33 bits per heavy atom. The van der Waals surface area contributed by atoms with Crippen LogP contribution in [0.2, 0.25) is 0 Å². The third-order valence-electron chi connectivity index (χ3n) is 6.70. The molecule has 1 aliphatic rings. The minimum Gasteiger partial charge on any atom is -0.490 e. The molecular weight excluding hydrogens is 566 g/mol. The molecule has 0 aromatic heterocycles. The van der Waals surface area contributed by atoms with E-state index in [1.807, 2.05) is 63.2 Å². The molecule has 1 saturated heterocycles. The number of hydrogen-bond acceptors (Lipinski definition) is 7. The molecule has 0 saturated carbocycles. The number of hydrogen-bond donors (Lipinski definition) is 2. The molecular formula is C33H35N3O6S. The van der Waals surface area contributed by atoms with Crippen molar-refractivity contribution in [2.24, 2.45) is 0 Å². The first kappa shape index (κ1) is 31.4. The molecule has 0 bridgehead atoms. The number of para-hydroxylation sites is 2. The Balaban J connectivity index is 1.42. The van der Waals surface area contributed by atoms with Gasteiger partial charge in [-0.25, -0.2) is 0 Å². The Kier molecular flexibility index (Phi) is 10.3. The monoisotopic (exact) mass is 601 g/mol. The maximum atomic E-state index is 13.0. The zero-order chi connectivity index (χ0) is 31.1. The maximum absolute atomic E-state index is 13.0. The summed E-state index contributed by atoms with van der Waals surface area (Å²) in [6.07, 6.45) is 1.57. The van der Waals surface area contributed by atoms with Gasteiger partial charge in [-0.3, -0.25) is 24.1 Å². The molecule has 0 atom stereocenters. The van der Waals surface area contributed by atoms with E-state index < -0.39 is 23.6 Å². The zero-order valence-electron chi connectivity index (χ0n) is 24.9. The fourth-order valence-corrected chi connectivity index (χ4v) is 5.41. The Labute approximate surface area is 255 Å². The minimum atomic E-state index is -0.553. The Morgan fingerprint density at radius 2 is 1.63 bits per heavy atom. The zero-order valence-corrected chi connectivity index (χ0v) is 25.7. The molecule has 4 rings (SSSR count). The van der Waals surface area contributed by atoms with Crippen LogP contribution in [0, 0.1) is 13.8 Å². The van der Waals surface area contributed by atoms with Gasteiger partial charge in [0.15, 0.2) is 18.1 Å². The molecule has 0 aliphatic carbocycles. The number of nitrogens with one attached hydrogen (secondary N) is 2. The Hall–Kier alpha value is -4.57. The molecule has 2 N–H and O–H groups in total. The maximum Gasteiger partial charge on any atom is 0.294 e. The van der Waals surface area contributed by atoms with Gasteiger partial charge in [-0.15, -0.1) is 0 Å². The van der Waals surface area contributed by atoms with Crippen LogP contribution in [-0.2, 0) is 14.4 Å². The first-order chi connectivity index (χ1) is 20.6. The average molecular weight is 602 g/mol. The lowest BCUT2D eigenvalue weighted by Gasteiger charge is -2.15. The molecule has 1 heterocycles. The lowest BCUT2D eigenvalue weighted by Crippen LogP contribution is -2.36. The first-order valence-corrected chi connectivity index (χ1v) is 14.8. The number of rotatable bonds is 11. The smallest absolute Gasteiger partial charge is 0.294 e. The lowest BCUT2D eigenvalue weighted by atomic mass is 10.0. The second-order valence-electron chi connectivity index (χ2n) is 10.3. The largest absolute Gasteiger partial charge is 0.490 e. The van der Waals surface area contributed by atoms with E-state index in [0.717, 1.165) is 39.0 Å². The Morgan fingerprint density at radius 1 is 0.907 bits per heavy atom. The fraction of sp³-hybridized carbons (Fsp3) is 0.273. The predicted octanol–water partition coefficient (Wildman–Crippen LogP) is 6.52. The summed E-state index contributed by atoms with van der Waals surface area (Å²) >= 11 is 0.766. The summed E-state index contributed by atoms with van der Waals surface area (Å²) in [5, 5.41) is 5.18. The number of nitrogens with zero attached hydrogens (tertiary/aromatic N) is 1. The number of amides is 4. The van der Waals surface area contributed by atoms with E-state index in [0.29, 0.717) is 29.4 Å². The second kappa shape index (κ2) is 14.1. The summed E-state index contributed by atoms with van der Waals surface area (Å²) < 4.78 is 11.5. The summed E-state index contributed by atoms with van der Waals surface area (Å²) in [6.45, 7) is 9.41. The van der Waals surface area contributed by atoms with E-state index in [1.165, 1.54) is 0 Å². The standard InChI is InChI=1S/C33H35N3O6S/c1-6-41-27-16-23(14-15-26(27)42-19-30(38)34-25-13-8-7-12-24(25)20(2)3)17-28-32(39)36(33(40)43-28)18-29(37)35-31-21(4)10-9-11-22(31)5/h7-17,20H,6,18-19H2,1-5H3,(H,34,38)(H,35,37)/b28-17+. The molecule has 9 nitrogen and oxygen atoms in total. The molecule has 224 valence electrons. The summed E-state index contributed by atoms with van der Waals surface area (Å²) in [4.78, 5) is 52.1. The highest BCUT2D eigenvalue weighted by Crippen LogP contribution is 2.35. The predicted molar refractivity (Wildman–Crippen MR) is 169 cm³/mol.